The van der Waals surface area contributed by atoms with Crippen LogP contribution < -0.4 is 4.74 Å². The summed E-state index contributed by atoms with van der Waals surface area (Å²) in [5.41, 5.74) is 0.713. The van der Waals surface area contributed by atoms with Gasteiger partial charge in [0.05, 0.1) is 5.92 Å². The highest BCUT2D eigenvalue weighted by molar-refractivity contribution is 6.48. The van der Waals surface area contributed by atoms with E-state index in [0.717, 1.165) is 5.56 Å². The number of hydrogen-bond acceptors (Lipinski definition) is 4. The normalized spacial score (nSPS) is 19.4. The maximum absolute atomic E-state index is 14.3. The lowest BCUT2D eigenvalue weighted by atomic mass is 10.1. The van der Waals surface area contributed by atoms with Crippen molar-refractivity contribution >= 4 is 34.2 Å². The largest absolute Gasteiger partial charge is 0.454 e. The van der Waals surface area contributed by atoms with Crippen molar-refractivity contribution in [1.29, 1.82) is 5.26 Å². The van der Waals surface area contributed by atoms with Crippen molar-refractivity contribution in [3.05, 3.63) is 101 Å². The molecule has 4 rings (SSSR count). The molecule has 3 atom stereocenters. The molecule has 0 aromatic heterocycles. The van der Waals surface area contributed by atoms with Crippen LogP contribution in [-0.4, -0.2) is 5.97 Å². The van der Waals surface area contributed by atoms with Gasteiger partial charge in [0.25, 0.3) is 0 Å². The summed E-state index contributed by atoms with van der Waals surface area (Å²) in [6, 6.07) is 21.7. The van der Waals surface area contributed by atoms with Gasteiger partial charge in [0.1, 0.15) is 11.8 Å². The van der Waals surface area contributed by atoms with Gasteiger partial charge in [-0.15, -0.1) is 0 Å². The Balaban J connectivity index is 1.49. The SMILES string of the molecule is CC1(C)[C@H](/C=C(\Cl)c2ccc(Cl)cc2)[C@H]1C(=O)O[C@H](C#N)c1ccc(F)c(Oc2ccccc2)c1. The lowest BCUT2D eigenvalue weighted by Gasteiger charge is -2.14. The fraction of sp³-hybridized carbons (Fsp3) is 0.214. The van der Waals surface area contributed by atoms with E-state index in [-0.39, 0.29) is 11.7 Å². The summed E-state index contributed by atoms with van der Waals surface area (Å²) in [6.07, 6.45) is 0.621. The number of carbonyl (C=O) groups is 1. The first-order valence-electron chi connectivity index (χ1n) is 11.0. The Hall–Kier alpha value is -3.33. The van der Waals surface area contributed by atoms with Gasteiger partial charge in [-0.1, -0.05) is 79.5 Å². The molecule has 0 radical (unpaired) electrons. The van der Waals surface area contributed by atoms with E-state index in [1.54, 1.807) is 48.5 Å². The van der Waals surface area contributed by atoms with Crippen molar-refractivity contribution in [2.45, 2.75) is 20.0 Å². The minimum absolute atomic E-state index is 0.0627. The molecule has 4 nitrogen and oxygen atoms in total. The number of nitriles is 1. The molecule has 178 valence electrons. The van der Waals surface area contributed by atoms with Gasteiger partial charge in [-0.05, 0) is 53.3 Å². The van der Waals surface area contributed by atoms with E-state index >= 15 is 0 Å². The van der Waals surface area contributed by atoms with Gasteiger partial charge >= 0.3 is 5.97 Å². The molecule has 0 amide bonds. The smallest absolute Gasteiger partial charge is 0.311 e. The second-order valence-electron chi connectivity index (χ2n) is 8.90. The van der Waals surface area contributed by atoms with Crippen LogP contribution in [0.5, 0.6) is 11.5 Å². The van der Waals surface area contributed by atoms with Crippen molar-refractivity contribution in [3.8, 4) is 17.6 Å². The molecule has 0 unspecified atom stereocenters. The number of ether oxygens (including phenoxy) is 2. The second kappa shape index (κ2) is 10.1. The first kappa shape index (κ1) is 24.8. The zero-order valence-electron chi connectivity index (χ0n) is 19.0. The number of halogens is 3. The van der Waals surface area contributed by atoms with Crippen molar-refractivity contribution in [2.24, 2.45) is 17.3 Å². The molecular weight excluding hydrogens is 488 g/mol. The molecular formula is C28H22Cl2FNO3. The number of benzene rings is 3. The lowest BCUT2D eigenvalue weighted by Crippen LogP contribution is -2.14. The quantitative estimate of drug-likeness (QED) is 0.303. The second-order valence-corrected chi connectivity index (χ2v) is 9.74. The van der Waals surface area contributed by atoms with Crippen LogP contribution in [0.1, 0.15) is 31.1 Å². The third-order valence-electron chi connectivity index (χ3n) is 6.19. The fourth-order valence-corrected chi connectivity index (χ4v) is 4.42. The van der Waals surface area contributed by atoms with Crippen molar-refractivity contribution in [1.82, 2.24) is 0 Å². The van der Waals surface area contributed by atoms with Crippen LogP contribution in [0.25, 0.3) is 5.03 Å². The Morgan fingerprint density at radius 1 is 1.11 bits per heavy atom. The molecule has 3 aromatic carbocycles. The molecule has 1 aliphatic rings. The van der Waals surface area contributed by atoms with Gasteiger partial charge in [0.15, 0.2) is 11.6 Å². The van der Waals surface area contributed by atoms with Gasteiger partial charge < -0.3 is 9.47 Å². The molecule has 1 aliphatic carbocycles. The predicted octanol–water partition coefficient (Wildman–Crippen LogP) is 7.93. The zero-order valence-corrected chi connectivity index (χ0v) is 20.6. The minimum Gasteiger partial charge on any atom is -0.454 e. The van der Waals surface area contributed by atoms with Crippen LogP contribution in [0.15, 0.2) is 78.9 Å². The highest BCUT2D eigenvalue weighted by Crippen LogP contribution is 2.60. The fourth-order valence-electron chi connectivity index (χ4n) is 4.04. The maximum atomic E-state index is 14.3. The first-order valence-corrected chi connectivity index (χ1v) is 11.7. The average Bonchev–Trinajstić information content (AvgIpc) is 3.39. The maximum Gasteiger partial charge on any atom is 0.311 e. The third kappa shape index (κ3) is 5.51. The number of rotatable bonds is 7. The molecule has 0 spiro atoms. The molecule has 0 bridgehead atoms. The Kier molecular flexibility index (Phi) is 7.16. The summed E-state index contributed by atoms with van der Waals surface area (Å²) in [7, 11) is 0. The standard InChI is InChI=1S/C28H22Cl2FNO3/c1-28(2)21(15-22(30)17-8-11-19(29)12-9-17)26(28)27(33)35-25(16-32)18-10-13-23(31)24(14-18)34-20-6-4-3-5-7-20/h3-15,21,25-26H,1-2H3/b22-15-/t21-,25-,26+/m1/s1. The van der Waals surface area contributed by atoms with Crippen LogP contribution in [0, 0.1) is 34.4 Å². The monoisotopic (exact) mass is 509 g/mol. The highest BCUT2D eigenvalue weighted by Gasteiger charge is 2.62. The summed E-state index contributed by atoms with van der Waals surface area (Å²) in [5, 5.41) is 10.8. The number of carbonyl (C=O) groups excluding carboxylic acids is 1. The van der Waals surface area contributed by atoms with Crippen LogP contribution in [0.3, 0.4) is 0 Å². The summed E-state index contributed by atoms with van der Waals surface area (Å²) >= 11 is 12.4. The highest BCUT2D eigenvalue weighted by atomic mass is 35.5. The summed E-state index contributed by atoms with van der Waals surface area (Å²) < 4.78 is 25.5. The van der Waals surface area contributed by atoms with Gasteiger partial charge in [-0.2, -0.15) is 5.26 Å². The van der Waals surface area contributed by atoms with E-state index < -0.39 is 29.2 Å². The van der Waals surface area contributed by atoms with Crippen LogP contribution in [0.2, 0.25) is 5.02 Å². The van der Waals surface area contributed by atoms with Crippen molar-refractivity contribution in [3.63, 3.8) is 0 Å². The number of allylic oxidation sites excluding steroid dienone is 1. The summed E-state index contributed by atoms with van der Waals surface area (Å²) in [4.78, 5) is 13.0. The van der Waals surface area contributed by atoms with E-state index in [9.17, 15) is 14.4 Å². The van der Waals surface area contributed by atoms with Gasteiger partial charge in [-0.3, -0.25) is 4.79 Å². The molecule has 1 fully saturated rings. The molecule has 0 N–H and O–H groups in total. The van der Waals surface area contributed by atoms with E-state index in [1.165, 1.54) is 18.2 Å². The van der Waals surface area contributed by atoms with E-state index in [4.69, 9.17) is 32.7 Å². The number of nitrogens with zero attached hydrogens (tertiary/aromatic N) is 1. The molecule has 35 heavy (non-hydrogen) atoms. The van der Waals surface area contributed by atoms with Crippen LogP contribution >= 0.6 is 23.2 Å². The molecule has 0 aliphatic heterocycles. The molecule has 3 aromatic rings. The minimum atomic E-state index is -1.21. The topological polar surface area (TPSA) is 59.3 Å². The van der Waals surface area contributed by atoms with Crippen molar-refractivity contribution < 1.29 is 18.7 Å². The van der Waals surface area contributed by atoms with Crippen molar-refractivity contribution in [2.75, 3.05) is 0 Å². The van der Waals surface area contributed by atoms with Crippen LogP contribution in [-0.2, 0) is 9.53 Å². The predicted molar refractivity (Wildman–Crippen MR) is 133 cm³/mol. The Morgan fingerprint density at radius 2 is 1.80 bits per heavy atom. The summed E-state index contributed by atoms with van der Waals surface area (Å²) in [6.45, 7) is 3.88. The zero-order chi connectivity index (χ0) is 25.2. The average molecular weight is 510 g/mol. The molecule has 0 saturated heterocycles. The molecule has 7 heteroatoms. The number of esters is 1. The van der Waals surface area contributed by atoms with E-state index in [2.05, 4.69) is 0 Å². The number of para-hydroxylation sites is 1. The molecule has 0 heterocycles. The first-order chi connectivity index (χ1) is 16.7. The Bertz CT molecular complexity index is 1300. The van der Waals surface area contributed by atoms with E-state index in [0.29, 0.717) is 21.4 Å². The van der Waals surface area contributed by atoms with Gasteiger partial charge in [-0.25, -0.2) is 4.39 Å². The molecule has 1 saturated carbocycles. The Morgan fingerprint density at radius 3 is 2.46 bits per heavy atom. The van der Waals surface area contributed by atoms with E-state index in [1.807, 2.05) is 32.1 Å². The lowest BCUT2D eigenvalue weighted by molar-refractivity contribution is -0.149. The van der Waals surface area contributed by atoms with Gasteiger partial charge in [0, 0.05) is 15.6 Å². The van der Waals surface area contributed by atoms with Gasteiger partial charge in [0.2, 0.25) is 6.10 Å². The number of hydrogen-bond donors (Lipinski definition) is 0. The summed E-state index contributed by atoms with van der Waals surface area (Å²) in [5.74, 6) is -1.36. The Labute approximate surface area is 213 Å². The third-order valence-corrected chi connectivity index (χ3v) is 6.79. The van der Waals surface area contributed by atoms with Crippen LogP contribution in [0.4, 0.5) is 4.39 Å².